The molecule has 31 heavy (non-hydrogen) atoms. The van der Waals surface area contributed by atoms with Crippen LogP contribution in [0.1, 0.15) is 39.0 Å². The summed E-state index contributed by atoms with van der Waals surface area (Å²) in [5, 5.41) is 9.84. The number of ether oxygens (including phenoxy) is 1. The summed E-state index contributed by atoms with van der Waals surface area (Å²) in [4.78, 5) is 17.9. The van der Waals surface area contributed by atoms with Crippen LogP contribution in [-0.4, -0.2) is 22.6 Å². The zero-order valence-corrected chi connectivity index (χ0v) is 17.8. The van der Waals surface area contributed by atoms with E-state index in [-0.39, 0.29) is 12.2 Å². The number of anilines is 1. The molecule has 0 aliphatic carbocycles. The number of halogens is 2. The first-order valence-electron chi connectivity index (χ1n) is 10.0. The zero-order chi connectivity index (χ0) is 22.0. The van der Waals surface area contributed by atoms with Gasteiger partial charge in [-0.2, -0.15) is 0 Å². The minimum absolute atomic E-state index is 0.0837. The lowest BCUT2D eigenvalue weighted by Crippen LogP contribution is -2.30. The molecule has 0 atom stereocenters. The second kappa shape index (κ2) is 8.94. The molecule has 2 heterocycles. The minimum Gasteiger partial charge on any atom is -0.488 e. The van der Waals surface area contributed by atoms with E-state index >= 15 is 0 Å². The number of rotatable bonds is 6. The lowest BCUT2D eigenvalue weighted by Gasteiger charge is -2.32. The number of carboxylic acids is 1. The Hall–Kier alpha value is -3.12. The molecule has 0 fully saturated rings. The van der Waals surface area contributed by atoms with E-state index in [9.17, 15) is 14.3 Å². The highest BCUT2D eigenvalue weighted by atomic mass is 35.5. The molecule has 5 nitrogen and oxygen atoms in total. The van der Waals surface area contributed by atoms with Gasteiger partial charge in [0.05, 0.1) is 17.4 Å². The topological polar surface area (TPSA) is 62.7 Å². The van der Waals surface area contributed by atoms with Gasteiger partial charge < -0.3 is 14.7 Å². The Morgan fingerprint density at radius 3 is 2.84 bits per heavy atom. The van der Waals surface area contributed by atoms with Crippen molar-refractivity contribution in [3.05, 3.63) is 87.4 Å². The van der Waals surface area contributed by atoms with Gasteiger partial charge in [0.25, 0.3) is 0 Å². The number of hydrogen-bond donors (Lipinski definition) is 1. The Bertz CT molecular complexity index is 1140. The van der Waals surface area contributed by atoms with Crippen molar-refractivity contribution in [3.63, 3.8) is 0 Å². The van der Waals surface area contributed by atoms with Gasteiger partial charge in [0.1, 0.15) is 18.2 Å². The molecule has 0 saturated heterocycles. The summed E-state index contributed by atoms with van der Waals surface area (Å²) in [5.74, 6) is -0.705. The zero-order valence-electron chi connectivity index (χ0n) is 17.1. The van der Waals surface area contributed by atoms with Crippen LogP contribution < -0.4 is 9.64 Å². The predicted octanol–water partition coefficient (Wildman–Crippen LogP) is 5.41. The number of pyridine rings is 1. The first kappa shape index (κ1) is 21.1. The summed E-state index contributed by atoms with van der Waals surface area (Å²) in [6, 6.07) is 10.4. The predicted molar refractivity (Wildman–Crippen MR) is 117 cm³/mol. The number of nitrogens with zero attached hydrogens (tertiary/aromatic N) is 2. The maximum atomic E-state index is 14.1. The Balaban J connectivity index is 1.59. The summed E-state index contributed by atoms with van der Waals surface area (Å²) in [7, 11) is 0. The van der Waals surface area contributed by atoms with Crippen molar-refractivity contribution in [2.75, 3.05) is 11.4 Å². The van der Waals surface area contributed by atoms with Gasteiger partial charge in [0.2, 0.25) is 0 Å². The molecule has 3 aromatic rings. The van der Waals surface area contributed by atoms with E-state index in [1.165, 1.54) is 12.3 Å². The van der Waals surface area contributed by atoms with E-state index in [1.54, 1.807) is 18.3 Å². The van der Waals surface area contributed by atoms with Crippen molar-refractivity contribution >= 4 is 23.3 Å². The largest absolute Gasteiger partial charge is 0.488 e. The quantitative estimate of drug-likeness (QED) is 0.555. The van der Waals surface area contributed by atoms with Gasteiger partial charge in [-0.15, -0.1) is 0 Å². The van der Waals surface area contributed by atoms with Crippen LogP contribution >= 0.6 is 11.6 Å². The Kier molecular flexibility index (Phi) is 6.09. The van der Waals surface area contributed by atoms with Crippen molar-refractivity contribution in [1.29, 1.82) is 0 Å². The number of carboxylic acid groups (broad SMARTS) is 1. The molecule has 0 bridgehead atoms. The molecular weight excluding hydrogens is 419 g/mol. The van der Waals surface area contributed by atoms with Crippen LogP contribution in [0.2, 0.25) is 5.02 Å². The van der Waals surface area contributed by atoms with E-state index in [0.717, 1.165) is 35.3 Å². The molecular formula is C24H22ClFN2O3. The number of hydrogen-bond acceptors (Lipinski definition) is 4. The number of carbonyl (C=O) groups is 1. The van der Waals surface area contributed by atoms with E-state index in [1.807, 2.05) is 25.1 Å². The molecule has 1 aliphatic heterocycles. The van der Waals surface area contributed by atoms with Crippen molar-refractivity contribution in [1.82, 2.24) is 4.98 Å². The van der Waals surface area contributed by atoms with Gasteiger partial charge in [-0.1, -0.05) is 35.4 Å². The minimum atomic E-state index is -0.962. The molecule has 2 aromatic carbocycles. The van der Waals surface area contributed by atoms with Gasteiger partial charge in [-0.25, -0.2) is 9.18 Å². The highest BCUT2D eigenvalue weighted by molar-refractivity contribution is 6.30. The summed E-state index contributed by atoms with van der Waals surface area (Å²) in [6.07, 6.45) is 4.70. The smallest absolute Gasteiger partial charge is 0.337 e. The van der Waals surface area contributed by atoms with Gasteiger partial charge in [0, 0.05) is 35.4 Å². The van der Waals surface area contributed by atoms with Crippen molar-refractivity contribution < 1.29 is 19.0 Å². The van der Waals surface area contributed by atoms with Crippen LogP contribution in [0.3, 0.4) is 0 Å². The fourth-order valence-corrected chi connectivity index (χ4v) is 4.06. The second-order valence-corrected chi connectivity index (χ2v) is 8.09. The summed E-state index contributed by atoms with van der Waals surface area (Å²) in [6.45, 7) is 3.41. The van der Waals surface area contributed by atoms with Crippen LogP contribution in [0.25, 0.3) is 0 Å². The SMILES string of the molecule is Cc1ccc(OCc2ccc(Cl)cc2F)c(CN2CCCc3c(C(=O)O)cncc32)c1. The Morgan fingerprint density at radius 1 is 1.23 bits per heavy atom. The van der Waals surface area contributed by atoms with Gasteiger partial charge >= 0.3 is 5.97 Å². The lowest BCUT2D eigenvalue weighted by atomic mass is 9.98. The number of fused-ring (bicyclic) bond motifs is 1. The van der Waals surface area contributed by atoms with Crippen molar-refractivity contribution in [2.45, 2.75) is 32.9 Å². The van der Waals surface area contributed by atoms with E-state index in [4.69, 9.17) is 16.3 Å². The van der Waals surface area contributed by atoms with Crippen molar-refractivity contribution in [3.8, 4) is 5.75 Å². The first-order chi connectivity index (χ1) is 14.9. The molecule has 1 aromatic heterocycles. The third-order valence-corrected chi connectivity index (χ3v) is 5.67. The van der Waals surface area contributed by atoms with Gasteiger partial charge in [0.15, 0.2) is 0 Å². The average molecular weight is 441 g/mol. The second-order valence-electron chi connectivity index (χ2n) is 7.65. The monoisotopic (exact) mass is 440 g/mol. The van der Waals surface area contributed by atoms with E-state index in [2.05, 4.69) is 9.88 Å². The normalized spacial score (nSPS) is 13.1. The Morgan fingerprint density at radius 2 is 2.06 bits per heavy atom. The van der Waals surface area contributed by atoms with Crippen molar-refractivity contribution in [2.24, 2.45) is 0 Å². The maximum Gasteiger partial charge on any atom is 0.337 e. The molecule has 1 N–H and O–H groups in total. The molecule has 0 unspecified atom stereocenters. The fourth-order valence-electron chi connectivity index (χ4n) is 3.90. The standard InChI is InChI=1S/C24H22ClFN2O3/c1-15-4-7-23(31-14-16-5-6-18(25)10-21(16)26)17(9-15)13-28-8-2-3-19-20(24(29)30)11-27-12-22(19)28/h4-7,9-12H,2-3,8,13-14H2,1H3,(H,29,30). The average Bonchev–Trinajstić information content (AvgIpc) is 2.74. The highest BCUT2D eigenvalue weighted by Gasteiger charge is 2.23. The van der Waals surface area contributed by atoms with Crippen LogP contribution in [0.5, 0.6) is 5.75 Å². The van der Waals surface area contributed by atoms with Gasteiger partial charge in [-0.3, -0.25) is 4.98 Å². The molecule has 0 radical (unpaired) electrons. The lowest BCUT2D eigenvalue weighted by molar-refractivity contribution is 0.0695. The molecule has 0 saturated carbocycles. The summed E-state index contributed by atoms with van der Waals surface area (Å²) < 4.78 is 20.1. The number of aryl methyl sites for hydroxylation is 1. The van der Waals surface area contributed by atoms with Crippen LogP contribution in [0.15, 0.2) is 48.8 Å². The maximum absolute atomic E-state index is 14.1. The molecule has 1 aliphatic rings. The molecule has 4 rings (SSSR count). The summed E-state index contributed by atoms with van der Waals surface area (Å²) >= 11 is 5.83. The number of benzene rings is 2. The highest BCUT2D eigenvalue weighted by Crippen LogP contribution is 2.32. The summed E-state index contributed by atoms with van der Waals surface area (Å²) in [5.41, 5.74) is 4.35. The van der Waals surface area contributed by atoms with E-state index in [0.29, 0.717) is 29.3 Å². The van der Waals surface area contributed by atoms with Crippen LogP contribution in [0, 0.1) is 12.7 Å². The van der Waals surface area contributed by atoms with E-state index < -0.39 is 11.8 Å². The third-order valence-electron chi connectivity index (χ3n) is 5.44. The molecule has 0 amide bonds. The fraction of sp³-hybridized carbons (Fsp3) is 0.250. The Labute approximate surface area is 185 Å². The molecule has 160 valence electrons. The number of aromatic nitrogens is 1. The molecule has 7 heteroatoms. The first-order valence-corrected chi connectivity index (χ1v) is 10.4. The van der Waals surface area contributed by atoms with Crippen LogP contribution in [-0.2, 0) is 19.6 Å². The molecule has 0 spiro atoms. The van der Waals surface area contributed by atoms with Crippen LogP contribution in [0.4, 0.5) is 10.1 Å². The number of aromatic carboxylic acids is 1. The third kappa shape index (κ3) is 4.64. The van der Waals surface area contributed by atoms with Gasteiger partial charge in [-0.05, 0) is 43.5 Å².